The van der Waals surface area contributed by atoms with Gasteiger partial charge in [0.05, 0.1) is 18.7 Å². The first-order valence-corrected chi connectivity index (χ1v) is 8.31. The van der Waals surface area contributed by atoms with E-state index in [0.29, 0.717) is 22.8 Å². The van der Waals surface area contributed by atoms with Gasteiger partial charge in [0, 0.05) is 23.3 Å². The number of benzene rings is 2. The van der Waals surface area contributed by atoms with E-state index in [2.05, 4.69) is 10.4 Å². The average molecular weight is 356 g/mol. The molecule has 128 valence electrons. The van der Waals surface area contributed by atoms with Crippen LogP contribution in [-0.4, -0.2) is 33.9 Å². The van der Waals surface area contributed by atoms with E-state index in [1.165, 1.54) is 0 Å². The zero-order chi connectivity index (χ0) is 17.6. The van der Waals surface area contributed by atoms with E-state index in [1.54, 1.807) is 23.0 Å². The normalized spacial score (nSPS) is 10.6. The molecule has 0 saturated heterocycles. The van der Waals surface area contributed by atoms with Crippen LogP contribution >= 0.6 is 11.6 Å². The first-order valence-electron chi connectivity index (χ1n) is 7.94. The summed E-state index contributed by atoms with van der Waals surface area (Å²) >= 11 is 5.95. The van der Waals surface area contributed by atoms with Gasteiger partial charge in [-0.2, -0.15) is 5.10 Å². The standard InChI is InChI=1S/C19H18ClN3O2/c20-16-8-6-15(7-9-16)18-17(19(25)21-10-11-24)13-23(22-18)12-14-4-2-1-3-5-14/h1-9,13,24H,10-12H2,(H,21,25). The van der Waals surface area contributed by atoms with Crippen molar-refractivity contribution in [2.75, 3.05) is 13.2 Å². The van der Waals surface area contributed by atoms with E-state index < -0.39 is 0 Å². The van der Waals surface area contributed by atoms with Gasteiger partial charge in [-0.05, 0) is 17.7 Å². The van der Waals surface area contributed by atoms with Crippen LogP contribution in [-0.2, 0) is 6.54 Å². The lowest BCUT2D eigenvalue weighted by Crippen LogP contribution is -2.26. The number of carbonyl (C=O) groups is 1. The summed E-state index contributed by atoms with van der Waals surface area (Å²) < 4.78 is 1.74. The molecule has 3 rings (SSSR count). The van der Waals surface area contributed by atoms with E-state index in [9.17, 15) is 4.79 Å². The van der Waals surface area contributed by atoms with Gasteiger partial charge in [-0.25, -0.2) is 0 Å². The van der Waals surface area contributed by atoms with Crippen molar-refractivity contribution in [2.24, 2.45) is 0 Å². The predicted molar refractivity (Wildman–Crippen MR) is 97.6 cm³/mol. The van der Waals surface area contributed by atoms with Gasteiger partial charge in [-0.1, -0.05) is 54.1 Å². The highest BCUT2D eigenvalue weighted by Crippen LogP contribution is 2.24. The topological polar surface area (TPSA) is 67.2 Å². The quantitative estimate of drug-likeness (QED) is 0.714. The van der Waals surface area contributed by atoms with E-state index in [0.717, 1.165) is 11.1 Å². The van der Waals surface area contributed by atoms with Crippen LogP contribution in [0.2, 0.25) is 5.02 Å². The summed E-state index contributed by atoms with van der Waals surface area (Å²) in [7, 11) is 0. The minimum atomic E-state index is -0.265. The fourth-order valence-corrected chi connectivity index (χ4v) is 2.65. The van der Waals surface area contributed by atoms with Crippen molar-refractivity contribution in [3.05, 3.63) is 76.9 Å². The third-order valence-electron chi connectivity index (χ3n) is 3.71. The Morgan fingerprint density at radius 1 is 1.12 bits per heavy atom. The number of hydrogen-bond donors (Lipinski definition) is 2. The maximum Gasteiger partial charge on any atom is 0.255 e. The molecule has 0 saturated carbocycles. The molecule has 5 nitrogen and oxygen atoms in total. The Hall–Kier alpha value is -2.63. The van der Waals surface area contributed by atoms with Gasteiger partial charge < -0.3 is 10.4 Å². The zero-order valence-electron chi connectivity index (χ0n) is 13.5. The Balaban J connectivity index is 1.95. The van der Waals surface area contributed by atoms with Gasteiger partial charge in [-0.15, -0.1) is 0 Å². The summed E-state index contributed by atoms with van der Waals surface area (Å²) in [5.74, 6) is -0.265. The van der Waals surface area contributed by atoms with Gasteiger partial charge in [0.25, 0.3) is 5.91 Å². The molecule has 0 atom stereocenters. The van der Waals surface area contributed by atoms with Gasteiger partial charge in [0.2, 0.25) is 0 Å². The van der Waals surface area contributed by atoms with Gasteiger partial charge in [0.15, 0.2) is 0 Å². The number of halogens is 1. The molecule has 2 aromatic carbocycles. The van der Waals surface area contributed by atoms with Crippen molar-refractivity contribution in [1.29, 1.82) is 0 Å². The number of hydrogen-bond acceptors (Lipinski definition) is 3. The van der Waals surface area contributed by atoms with E-state index in [1.807, 2.05) is 42.5 Å². The van der Waals surface area contributed by atoms with Crippen LogP contribution in [0.15, 0.2) is 60.8 Å². The average Bonchev–Trinajstić information content (AvgIpc) is 3.05. The van der Waals surface area contributed by atoms with Crippen LogP contribution in [0.4, 0.5) is 0 Å². The lowest BCUT2D eigenvalue weighted by atomic mass is 10.1. The van der Waals surface area contributed by atoms with Crippen molar-refractivity contribution >= 4 is 17.5 Å². The number of aliphatic hydroxyl groups excluding tert-OH is 1. The number of rotatable bonds is 6. The lowest BCUT2D eigenvalue weighted by molar-refractivity contribution is 0.0945. The minimum Gasteiger partial charge on any atom is -0.395 e. The second-order valence-corrected chi connectivity index (χ2v) is 6.00. The zero-order valence-corrected chi connectivity index (χ0v) is 14.3. The number of amides is 1. The molecule has 0 bridgehead atoms. The van der Waals surface area contributed by atoms with Gasteiger partial charge in [-0.3, -0.25) is 9.48 Å². The summed E-state index contributed by atoms with van der Waals surface area (Å²) in [5.41, 5.74) is 2.95. The predicted octanol–water partition coefficient (Wildman–Crippen LogP) is 2.97. The highest BCUT2D eigenvalue weighted by Gasteiger charge is 2.17. The Labute approximate surface area is 150 Å². The summed E-state index contributed by atoms with van der Waals surface area (Å²) in [6.45, 7) is 0.650. The molecule has 1 aromatic heterocycles. The highest BCUT2D eigenvalue weighted by atomic mass is 35.5. The van der Waals surface area contributed by atoms with Crippen LogP contribution < -0.4 is 5.32 Å². The monoisotopic (exact) mass is 355 g/mol. The van der Waals surface area contributed by atoms with Crippen molar-refractivity contribution in [3.63, 3.8) is 0 Å². The Morgan fingerprint density at radius 3 is 2.52 bits per heavy atom. The second kappa shape index (κ2) is 7.96. The molecule has 6 heteroatoms. The lowest BCUT2D eigenvalue weighted by Gasteiger charge is -2.03. The van der Waals surface area contributed by atoms with Crippen molar-refractivity contribution < 1.29 is 9.90 Å². The van der Waals surface area contributed by atoms with E-state index in [-0.39, 0.29) is 19.1 Å². The molecular weight excluding hydrogens is 338 g/mol. The number of aromatic nitrogens is 2. The van der Waals surface area contributed by atoms with Crippen LogP contribution in [0.1, 0.15) is 15.9 Å². The third kappa shape index (κ3) is 4.26. The number of nitrogens with zero attached hydrogens (tertiary/aromatic N) is 2. The largest absolute Gasteiger partial charge is 0.395 e. The maximum absolute atomic E-state index is 12.4. The van der Waals surface area contributed by atoms with E-state index in [4.69, 9.17) is 16.7 Å². The molecule has 2 N–H and O–H groups in total. The van der Waals surface area contributed by atoms with E-state index >= 15 is 0 Å². The Bertz CT molecular complexity index is 845. The summed E-state index contributed by atoms with van der Waals surface area (Å²) in [6, 6.07) is 17.1. The molecule has 0 fully saturated rings. The molecular formula is C19H18ClN3O2. The Morgan fingerprint density at radius 2 is 1.84 bits per heavy atom. The fourth-order valence-electron chi connectivity index (χ4n) is 2.52. The summed E-state index contributed by atoms with van der Waals surface area (Å²) in [4.78, 5) is 12.4. The molecule has 25 heavy (non-hydrogen) atoms. The number of carbonyl (C=O) groups excluding carboxylic acids is 1. The molecule has 0 radical (unpaired) electrons. The van der Waals surface area contributed by atoms with Gasteiger partial charge >= 0.3 is 0 Å². The Kier molecular flexibility index (Phi) is 5.48. The molecule has 0 aliphatic carbocycles. The van der Waals surface area contributed by atoms with Crippen molar-refractivity contribution in [1.82, 2.24) is 15.1 Å². The van der Waals surface area contributed by atoms with Crippen LogP contribution in [0, 0.1) is 0 Å². The number of aliphatic hydroxyl groups is 1. The molecule has 0 unspecified atom stereocenters. The van der Waals surface area contributed by atoms with Crippen LogP contribution in [0.5, 0.6) is 0 Å². The van der Waals surface area contributed by atoms with Crippen molar-refractivity contribution in [2.45, 2.75) is 6.54 Å². The summed E-state index contributed by atoms with van der Waals surface area (Å²) in [5, 5.41) is 16.8. The molecule has 0 aliphatic rings. The molecule has 0 spiro atoms. The second-order valence-electron chi connectivity index (χ2n) is 5.56. The molecule has 1 amide bonds. The first kappa shape index (κ1) is 17.2. The fraction of sp³-hybridized carbons (Fsp3) is 0.158. The summed E-state index contributed by atoms with van der Waals surface area (Å²) in [6.07, 6.45) is 1.73. The van der Waals surface area contributed by atoms with Crippen LogP contribution in [0.25, 0.3) is 11.3 Å². The number of nitrogens with one attached hydrogen (secondary N) is 1. The molecule has 0 aliphatic heterocycles. The SMILES string of the molecule is O=C(NCCO)c1cn(Cc2ccccc2)nc1-c1ccc(Cl)cc1. The molecule has 3 aromatic rings. The smallest absolute Gasteiger partial charge is 0.255 e. The van der Waals surface area contributed by atoms with Gasteiger partial charge in [0.1, 0.15) is 5.69 Å². The molecule has 1 heterocycles. The first-order chi connectivity index (χ1) is 12.2. The maximum atomic E-state index is 12.4. The van der Waals surface area contributed by atoms with Crippen molar-refractivity contribution in [3.8, 4) is 11.3 Å². The van der Waals surface area contributed by atoms with Crippen LogP contribution in [0.3, 0.4) is 0 Å². The highest BCUT2D eigenvalue weighted by molar-refractivity contribution is 6.30. The third-order valence-corrected chi connectivity index (χ3v) is 3.96. The minimum absolute atomic E-state index is 0.111.